The number of thiophene rings is 1. The number of nitrogens with one attached hydrogen (secondary N) is 1. The van der Waals surface area contributed by atoms with E-state index in [0.29, 0.717) is 24.5 Å². The van der Waals surface area contributed by atoms with E-state index in [0.717, 1.165) is 24.2 Å². The second-order valence-electron chi connectivity index (χ2n) is 5.65. The lowest BCUT2D eigenvalue weighted by atomic mass is 10.1. The largest absolute Gasteiger partial charge is 0.492 e. The maximum atomic E-state index is 12.2. The van der Waals surface area contributed by atoms with Gasteiger partial charge in [-0.2, -0.15) is 0 Å². The molecule has 1 atom stereocenters. The van der Waals surface area contributed by atoms with Crippen molar-refractivity contribution in [1.82, 2.24) is 0 Å². The fourth-order valence-electron chi connectivity index (χ4n) is 2.72. The molecule has 0 bridgehead atoms. The zero-order valence-electron chi connectivity index (χ0n) is 13.4. The number of rotatable bonds is 6. The molecule has 5 heteroatoms. The Hall–Kier alpha value is -2.01. The lowest BCUT2D eigenvalue weighted by Crippen LogP contribution is -2.13. The van der Waals surface area contributed by atoms with Gasteiger partial charge in [0.05, 0.1) is 12.3 Å². The zero-order valence-corrected chi connectivity index (χ0v) is 14.2. The van der Waals surface area contributed by atoms with Gasteiger partial charge in [0.2, 0.25) is 5.91 Å². The Morgan fingerprint density at radius 2 is 2.35 bits per heavy atom. The van der Waals surface area contributed by atoms with Crippen LogP contribution in [0.1, 0.15) is 30.7 Å². The molecule has 0 aliphatic carbocycles. The molecule has 122 valence electrons. The van der Waals surface area contributed by atoms with Crippen LogP contribution in [-0.2, 0) is 17.6 Å². The van der Waals surface area contributed by atoms with Crippen molar-refractivity contribution < 1.29 is 14.3 Å². The van der Waals surface area contributed by atoms with Gasteiger partial charge in [-0.05, 0) is 37.8 Å². The number of carbonyl (C=O) groups is 1. The fourth-order valence-corrected chi connectivity index (χ4v) is 3.43. The molecule has 0 saturated heterocycles. The molecule has 0 saturated carbocycles. The number of carbonyl (C=O) groups excluding carboxylic acids is 1. The minimum Gasteiger partial charge on any atom is -0.492 e. The summed E-state index contributed by atoms with van der Waals surface area (Å²) in [6, 6.07) is 7.92. The Balaban J connectivity index is 1.70. The number of aryl methyl sites for hydroxylation is 1. The monoisotopic (exact) mass is 331 g/mol. The average Bonchev–Trinajstić information content (AvgIpc) is 3.14. The van der Waals surface area contributed by atoms with Crippen LogP contribution in [0.2, 0.25) is 0 Å². The molecule has 1 aliphatic rings. The Kier molecular flexibility index (Phi) is 4.86. The van der Waals surface area contributed by atoms with Crippen LogP contribution < -0.4 is 14.8 Å². The van der Waals surface area contributed by atoms with Gasteiger partial charge in [0, 0.05) is 29.3 Å². The summed E-state index contributed by atoms with van der Waals surface area (Å²) in [5.41, 5.74) is 1.83. The van der Waals surface area contributed by atoms with E-state index in [1.807, 2.05) is 43.5 Å². The molecule has 1 aromatic carbocycles. The molecule has 2 heterocycles. The predicted molar refractivity (Wildman–Crippen MR) is 92.7 cm³/mol. The van der Waals surface area contributed by atoms with Crippen molar-refractivity contribution in [2.75, 3.05) is 11.9 Å². The van der Waals surface area contributed by atoms with E-state index in [1.54, 1.807) is 11.3 Å². The number of anilines is 1. The Morgan fingerprint density at radius 3 is 3.09 bits per heavy atom. The minimum atomic E-state index is -0.00894. The maximum Gasteiger partial charge on any atom is 0.224 e. The van der Waals surface area contributed by atoms with Gasteiger partial charge >= 0.3 is 0 Å². The Morgan fingerprint density at radius 1 is 1.48 bits per heavy atom. The van der Waals surface area contributed by atoms with Crippen LogP contribution in [0.25, 0.3) is 0 Å². The molecule has 2 aromatic rings. The Bertz CT molecular complexity index is 682. The molecule has 0 fully saturated rings. The third-order valence-electron chi connectivity index (χ3n) is 3.75. The first kappa shape index (κ1) is 15.9. The third kappa shape index (κ3) is 3.85. The van der Waals surface area contributed by atoms with Crippen molar-refractivity contribution >= 4 is 22.9 Å². The highest BCUT2D eigenvalue weighted by atomic mass is 32.1. The summed E-state index contributed by atoms with van der Waals surface area (Å²) in [6.45, 7) is 4.54. The van der Waals surface area contributed by atoms with Crippen molar-refractivity contribution in [2.45, 2.75) is 39.2 Å². The van der Waals surface area contributed by atoms with Gasteiger partial charge < -0.3 is 14.8 Å². The van der Waals surface area contributed by atoms with E-state index in [2.05, 4.69) is 5.32 Å². The number of hydrogen-bond acceptors (Lipinski definition) is 4. The maximum absolute atomic E-state index is 12.2. The van der Waals surface area contributed by atoms with Gasteiger partial charge in [-0.25, -0.2) is 0 Å². The van der Waals surface area contributed by atoms with Gasteiger partial charge in [0.1, 0.15) is 17.6 Å². The molecule has 1 amide bonds. The SMILES string of the molecule is CCOc1cc2c(cc1NC(=O)CCc1cccs1)O[C@@H](C)C2. The van der Waals surface area contributed by atoms with Gasteiger partial charge in [0.25, 0.3) is 0 Å². The molecule has 0 unspecified atom stereocenters. The number of benzene rings is 1. The van der Waals surface area contributed by atoms with Crippen molar-refractivity contribution in [3.63, 3.8) is 0 Å². The van der Waals surface area contributed by atoms with E-state index < -0.39 is 0 Å². The highest BCUT2D eigenvalue weighted by molar-refractivity contribution is 7.09. The molecule has 4 nitrogen and oxygen atoms in total. The van der Waals surface area contributed by atoms with Crippen LogP contribution in [0.15, 0.2) is 29.6 Å². The molecule has 1 aromatic heterocycles. The second kappa shape index (κ2) is 7.04. The number of fused-ring (bicyclic) bond motifs is 1. The van der Waals surface area contributed by atoms with Crippen molar-refractivity contribution in [3.05, 3.63) is 40.1 Å². The van der Waals surface area contributed by atoms with Crippen molar-refractivity contribution in [2.24, 2.45) is 0 Å². The first-order valence-electron chi connectivity index (χ1n) is 7.94. The summed E-state index contributed by atoms with van der Waals surface area (Å²) < 4.78 is 11.5. The van der Waals surface area contributed by atoms with Crippen LogP contribution in [-0.4, -0.2) is 18.6 Å². The van der Waals surface area contributed by atoms with Gasteiger partial charge in [0.15, 0.2) is 0 Å². The topological polar surface area (TPSA) is 47.6 Å². The highest BCUT2D eigenvalue weighted by Crippen LogP contribution is 2.38. The summed E-state index contributed by atoms with van der Waals surface area (Å²) in [5.74, 6) is 1.55. The van der Waals surface area contributed by atoms with Crippen LogP contribution in [0.3, 0.4) is 0 Å². The second-order valence-corrected chi connectivity index (χ2v) is 6.68. The zero-order chi connectivity index (χ0) is 16.2. The number of amides is 1. The van der Waals surface area contributed by atoms with Gasteiger partial charge in [-0.3, -0.25) is 4.79 Å². The van der Waals surface area contributed by atoms with Crippen LogP contribution in [0.4, 0.5) is 5.69 Å². The summed E-state index contributed by atoms with van der Waals surface area (Å²) in [7, 11) is 0. The highest BCUT2D eigenvalue weighted by Gasteiger charge is 2.22. The average molecular weight is 331 g/mol. The van der Waals surface area contributed by atoms with E-state index in [1.165, 1.54) is 4.88 Å². The normalized spacial score (nSPS) is 15.8. The molecule has 1 N–H and O–H groups in total. The third-order valence-corrected chi connectivity index (χ3v) is 4.69. The molecule has 3 rings (SSSR count). The lowest BCUT2D eigenvalue weighted by Gasteiger charge is -2.13. The van der Waals surface area contributed by atoms with Crippen LogP contribution >= 0.6 is 11.3 Å². The quantitative estimate of drug-likeness (QED) is 0.869. The summed E-state index contributed by atoms with van der Waals surface area (Å²) in [5, 5.41) is 4.99. The first-order chi connectivity index (χ1) is 11.2. The summed E-state index contributed by atoms with van der Waals surface area (Å²) in [4.78, 5) is 13.4. The molecule has 0 radical (unpaired) electrons. The molecular formula is C18H21NO3S. The summed E-state index contributed by atoms with van der Waals surface area (Å²) in [6.07, 6.45) is 2.26. The van der Waals surface area contributed by atoms with E-state index in [-0.39, 0.29) is 12.0 Å². The lowest BCUT2D eigenvalue weighted by molar-refractivity contribution is -0.116. The van der Waals surface area contributed by atoms with Crippen LogP contribution in [0.5, 0.6) is 11.5 Å². The standard InChI is InChI=1S/C18H21NO3S/c1-3-21-17-10-13-9-12(2)22-16(13)11-15(17)19-18(20)7-6-14-5-4-8-23-14/h4-5,8,10-12H,3,6-7,9H2,1-2H3,(H,19,20)/t12-/m0/s1. The van der Waals surface area contributed by atoms with Gasteiger partial charge in [-0.1, -0.05) is 6.07 Å². The first-order valence-corrected chi connectivity index (χ1v) is 8.82. The predicted octanol–water partition coefficient (Wildman–Crippen LogP) is 4.04. The smallest absolute Gasteiger partial charge is 0.224 e. The molecule has 1 aliphatic heterocycles. The van der Waals surface area contributed by atoms with E-state index in [4.69, 9.17) is 9.47 Å². The minimum absolute atomic E-state index is 0.00894. The molecule has 23 heavy (non-hydrogen) atoms. The molecular weight excluding hydrogens is 310 g/mol. The fraction of sp³-hybridized carbons (Fsp3) is 0.389. The number of hydrogen-bond donors (Lipinski definition) is 1. The van der Waals surface area contributed by atoms with E-state index >= 15 is 0 Å². The molecule has 0 spiro atoms. The van der Waals surface area contributed by atoms with E-state index in [9.17, 15) is 4.79 Å². The van der Waals surface area contributed by atoms with Crippen molar-refractivity contribution in [3.8, 4) is 11.5 Å². The van der Waals surface area contributed by atoms with Crippen LogP contribution in [0, 0.1) is 0 Å². The van der Waals surface area contributed by atoms with Gasteiger partial charge in [-0.15, -0.1) is 11.3 Å². The number of ether oxygens (including phenoxy) is 2. The van der Waals surface area contributed by atoms with Crippen molar-refractivity contribution in [1.29, 1.82) is 0 Å². The Labute approximate surface area is 140 Å². The summed E-state index contributed by atoms with van der Waals surface area (Å²) >= 11 is 1.67.